The van der Waals surface area contributed by atoms with Crippen LogP contribution in [0.2, 0.25) is 0 Å². The number of hydrogen-bond acceptors (Lipinski definition) is 3. The predicted molar refractivity (Wildman–Crippen MR) is 79.7 cm³/mol. The van der Waals surface area contributed by atoms with Gasteiger partial charge in [-0.05, 0) is 36.8 Å². The Labute approximate surface area is 124 Å². The summed E-state index contributed by atoms with van der Waals surface area (Å²) in [5, 5.41) is 21.5. The zero-order chi connectivity index (χ0) is 14.7. The van der Waals surface area contributed by atoms with Gasteiger partial charge in [0.15, 0.2) is 0 Å². The molecule has 0 aromatic heterocycles. The first-order valence-electron chi connectivity index (χ1n) is 5.82. The van der Waals surface area contributed by atoms with Gasteiger partial charge < -0.3 is 10.4 Å². The van der Waals surface area contributed by atoms with E-state index in [1.165, 1.54) is 12.1 Å². The number of aromatic hydroxyl groups is 1. The van der Waals surface area contributed by atoms with E-state index in [4.69, 9.17) is 5.26 Å². The zero-order valence-electron chi connectivity index (χ0n) is 10.6. The second kappa shape index (κ2) is 5.76. The summed E-state index contributed by atoms with van der Waals surface area (Å²) in [5.41, 5.74) is 1.78. The summed E-state index contributed by atoms with van der Waals surface area (Å²) in [4.78, 5) is 12.1. The van der Waals surface area contributed by atoms with E-state index in [1.54, 1.807) is 31.2 Å². The number of nitrogens with zero attached hydrogens (tertiary/aromatic N) is 1. The van der Waals surface area contributed by atoms with Gasteiger partial charge in [-0.15, -0.1) is 0 Å². The van der Waals surface area contributed by atoms with Crippen LogP contribution >= 0.6 is 15.9 Å². The number of nitrogens with one attached hydrogen (secondary N) is 1. The fourth-order valence-electron chi connectivity index (χ4n) is 1.81. The summed E-state index contributed by atoms with van der Waals surface area (Å²) < 4.78 is 0.680. The van der Waals surface area contributed by atoms with Crippen LogP contribution in [0.5, 0.6) is 5.75 Å². The molecule has 100 valence electrons. The molecule has 0 atom stereocenters. The number of phenols is 1. The highest BCUT2D eigenvalue weighted by Gasteiger charge is 2.14. The van der Waals surface area contributed by atoms with E-state index in [2.05, 4.69) is 27.3 Å². The Morgan fingerprint density at radius 1 is 1.35 bits per heavy atom. The standard InChI is InChI=1S/C15H11BrN2O2/c1-9-3-2-4-13(12(9)8-17)18-15(20)11-6-5-10(16)7-14(11)19/h2-7,19H,1H3,(H,18,20). The molecule has 0 aliphatic heterocycles. The molecule has 4 nitrogen and oxygen atoms in total. The summed E-state index contributed by atoms with van der Waals surface area (Å²) in [6.45, 7) is 1.80. The maximum atomic E-state index is 12.1. The van der Waals surface area contributed by atoms with Gasteiger partial charge in [0.25, 0.3) is 5.91 Å². The lowest BCUT2D eigenvalue weighted by molar-refractivity contribution is 0.102. The Bertz CT molecular complexity index is 720. The monoisotopic (exact) mass is 330 g/mol. The Morgan fingerprint density at radius 2 is 2.10 bits per heavy atom. The molecule has 0 radical (unpaired) electrons. The van der Waals surface area contributed by atoms with E-state index >= 15 is 0 Å². The average molecular weight is 331 g/mol. The molecule has 20 heavy (non-hydrogen) atoms. The fraction of sp³-hybridized carbons (Fsp3) is 0.0667. The van der Waals surface area contributed by atoms with Crippen molar-refractivity contribution in [3.8, 4) is 11.8 Å². The van der Waals surface area contributed by atoms with Crippen molar-refractivity contribution >= 4 is 27.5 Å². The molecule has 0 aliphatic rings. The number of amides is 1. The third-order valence-corrected chi connectivity index (χ3v) is 3.33. The minimum absolute atomic E-state index is 0.122. The van der Waals surface area contributed by atoms with Gasteiger partial charge >= 0.3 is 0 Å². The number of hydrogen-bond donors (Lipinski definition) is 2. The van der Waals surface area contributed by atoms with Crippen LogP contribution < -0.4 is 5.32 Å². The van der Waals surface area contributed by atoms with Crippen molar-refractivity contribution in [1.82, 2.24) is 0 Å². The van der Waals surface area contributed by atoms with Crippen molar-refractivity contribution in [2.45, 2.75) is 6.92 Å². The van der Waals surface area contributed by atoms with Gasteiger partial charge in [-0.2, -0.15) is 5.26 Å². The molecule has 0 unspecified atom stereocenters. The lowest BCUT2D eigenvalue weighted by atomic mass is 10.1. The summed E-state index contributed by atoms with van der Waals surface area (Å²) in [5.74, 6) is -0.583. The third kappa shape index (κ3) is 2.81. The van der Waals surface area contributed by atoms with Crippen molar-refractivity contribution in [1.29, 1.82) is 5.26 Å². The first-order valence-corrected chi connectivity index (χ1v) is 6.62. The van der Waals surface area contributed by atoms with Gasteiger partial charge in [0.2, 0.25) is 0 Å². The molecular formula is C15H11BrN2O2. The molecule has 0 saturated heterocycles. The van der Waals surface area contributed by atoms with Crippen LogP contribution in [0.15, 0.2) is 40.9 Å². The quantitative estimate of drug-likeness (QED) is 0.883. The maximum absolute atomic E-state index is 12.1. The zero-order valence-corrected chi connectivity index (χ0v) is 12.2. The molecule has 5 heteroatoms. The number of benzene rings is 2. The molecule has 0 bridgehead atoms. The van der Waals surface area contributed by atoms with Gasteiger partial charge in [0.05, 0.1) is 16.8 Å². The number of phenolic OH excluding ortho intramolecular Hbond substituents is 1. The van der Waals surface area contributed by atoms with Crippen molar-refractivity contribution in [3.63, 3.8) is 0 Å². The number of halogens is 1. The first kappa shape index (κ1) is 14.1. The highest BCUT2D eigenvalue weighted by molar-refractivity contribution is 9.10. The Hall–Kier alpha value is -2.32. The van der Waals surface area contributed by atoms with Crippen LogP contribution in [-0.4, -0.2) is 11.0 Å². The van der Waals surface area contributed by atoms with Crippen molar-refractivity contribution in [2.24, 2.45) is 0 Å². The number of anilines is 1. The van der Waals surface area contributed by atoms with Crippen LogP contribution in [0.25, 0.3) is 0 Å². The number of carbonyl (C=O) groups is 1. The molecule has 2 aromatic carbocycles. The molecule has 0 spiro atoms. The molecule has 2 aromatic rings. The summed E-state index contributed by atoms with van der Waals surface area (Å²) in [7, 11) is 0. The van der Waals surface area contributed by atoms with E-state index in [-0.39, 0.29) is 11.3 Å². The molecule has 0 fully saturated rings. The van der Waals surface area contributed by atoms with Crippen molar-refractivity contribution < 1.29 is 9.90 Å². The van der Waals surface area contributed by atoms with Gasteiger partial charge in [-0.1, -0.05) is 28.1 Å². The van der Waals surface area contributed by atoms with Gasteiger partial charge in [0.1, 0.15) is 11.8 Å². The van der Waals surface area contributed by atoms with Crippen LogP contribution in [0.4, 0.5) is 5.69 Å². The average Bonchev–Trinajstić information content (AvgIpc) is 2.38. The Kier molecular flexibility index (Phi) is 4.06. The van der Waals surface area contributed by atoms with Gasteiger partial charge in [-0.25, -0.2) is 0 Å². The molecule has 1 amide bonds. The van der Waals surface area contributed by atoms with E-state index in [0.29, 0.717) is 15.7 Å². The first-order chi connectivity index (χ1) is 9.52. The minimum Gasteiger partial charge on any atom is -0.507 e. The fourth-order valence-corrected chi connectivity index (χ4v) is 2.16. The second-order valence-corrected chi connectivity index (χ2v) is 5.14. The van der Waals surface area contributed by atoms with Gasteiger partial charge in [-0.3, -0.25) is 4.79 Å². The number of nitriles is 1. The molecule has 0 aliphatic carbocycles. The topological polar surface area (TPSA) is 73.1 Å². The Morgan fingerprint density at radius 3 is 2.75 bits per heavy atom. The van der Waals surface area contributed by atoms with Crippen LogP contribution in [0, 0.1) is 18.3 Å². The third-order valence-electron chi connectivity index (χ3n) is 2.84. The normalized spacial score (nSPS) is 9.85. The number of carbonyl (C=O) groups excluding carboxylic acids is 1. The largest absolute Gasteiger partial charge is 0.507 e. The van der Waals surface area contributed by atoms with Crippen molar-refractivity contribution in [2.75, 3.05) is 5.32 Å². The summed E-state index contributed by atoms with van der Waals surface area (Å²) in [6.07, 6.45) is 0. The van der Waals surface area contributed by atoms with Crippen LogP contribution in [0.3, 0.4) is 0 Å². The van der Waals surface area contributed by atoms with E-state index in [1.807, 2.05) is 0 Å². The van der Waals surface area contributed by atoms with Gasteiger partial charge in [0, 0.05) is 4.47 Å². The summed E-state index contributed by atoms with van der Waals surface area (Å²) >= 11 is 3.21. The number of rotatable bonds is 2. The maximum Gasteiger partial charge on any atom is 0.259 e. The molecule has 0 saturated carbocycles. The lowest BCUT2D eigenvalue weighted by Crippen LogP contribution is -2.13. The Balaban J connectivity index is 2.33. The minimum atomic E-state index is -0.461. The smallest absolute Gasteiger partial charge is 0.259 e. The number of aryl methyl sites for hydroxylation is 1. The molecule has 0 heterocycles. The van der Waals surface area contributed by atoms with E-state index in [0.717, 1.165) is 5.56 Å². The van der Waals surface area contributed by atoms with E-state index < -0.39 is 5.91 Å². The highest BCUT2D eigenvalue weighted by Crippen LogP contribution is 2.24. The lowest BCUT2D eigenvalue weighted by Gasteiger charge is -2.09. The van der Waals surface area contributed by atoms with E-state index in [9.17, 15) is 9.90 Å². The molecular weight excluding hydrogens is 320 g/mol. The van der Waals surface area contributed by atoms with Crippen LogP contribution in [-0.2, 0) is 0 Å². The summed E-state index contributed by atoms with van der Waals surface area (Å²) in [6, 6.07) is 11.9. The molecule has 2 rings (SSSR count). The van der Waals surface area contributed by atoms with Crippen molar-refractivity contribution in [3.05, 3.63) is 57.6 Å². The second-order valence-electron chi connectivity index (χ2n) is 4.22. The SMILES string of the molecule is Cc1cccc(NC(=O)c2ccc(Br)cc2O)c1C#N. The van der Waals surface area contributed by atoms with Crippen LogP contribution in [0.1, 0.15) is 21.5 Å². The highest BCUT2D eigenvalue weighted by atomic mass is 79.9. The molecule has 2 N–H and O–H groups in total. The predicted octanol–water partition coefficient (Wildman–Crippen LogP) is 3.59.